The van der Waals surface area contributed by atoms with Crippen LogP contribution in [0.2, 0.25) is 0 Å². The van der Waals surface area contributed by atoms with E-state index in [0.717, 1.165) is 11.4 Å². The quantitative estimate of drug-likeness (QED) is 0.716. The second-order valence-electron chi connectivity index (χ2n) is 4.11. The molecular formula is C15H13NOS. The van der Waals surface area contributed by atoms with Crippen LogP contribution in [0.1, 0.15) is 5.56 Å². The average molecular weight is 255 g/mol. The van der Waals surface area contributed by atoms with Crippen molar-refractivity contribution in [3.05, 3.63) is 59.5 Å². The minimum absolute atomic E-state index is 0.591. The van der Waals surface area contributed by atoms with Gasteiger partial charge >= 0.3 is 0 Å². The van der Waals surface area contributed by atoms with Crippen molar-refractivity contribution in [3.63, 3.8) is 0 Å². The first-order valence-electron chi connectivity index (χ1n) is 5.76. The van der Waals surface area contributed by atoms with Crippen LogP contribution in [-0.4, -0.2) is 0 Å². The lowest BCUT2D eigenvalue weighted by Crippen LogP contribution is -1.94. The van der Waals surface area contributed by atoms with Gasteiger partial charge in [0, 0.05) is 16.0 Å². The normalized spacial score (nSPS) is 10.7. The van der Waals surface area contributed by atoms with Gasteiger partial charge < -0.3 is 10.5 Å². The SMILES string of the molecule is Nc1ccc(OCc2csc3ccccc23)cc1. The first-order valence-corrected chi connectivity index (χ1v) is 6.64. The van der Waals surface area contributed by atoms with Crippen LogP contribution in [-0.2, 0) is 6.61 Å². The molecule has 18 heavy (non-hydrogen) atoms. The molecule has 0 aliphatic carbocycles. The number of anilines is 1. The molecule has 3 aromatic rings. The number of benzene rings is 2. The number of hydrogen-bond acceptors (Lipinski definition) is 3. The molecule has 2 aromatic carbocycles. The summed E-state index contributed by atoms with van der Waals surface area (Å²) in [5.41, 5.74) is 7.62. The Bertz CT molecular complexity index is 658. The number of fused-ring (bicyclic) bond motifs is 1. The Morgan fingerprint density at radius 3 is 2.61 bits per heavy atom. The molecule has 1 heterocycles. The van der Waals surface area contributed by atoms with Gasteiger partial charge in [0.2, 0.25) is 0 Å². The minimum atomic E-state index is 0.591. The van der Waals surface area contributed by atoms with Crippen LogP contribution in [0.15, 0.2) is 53.9 Å². The third kappa shape index (κ3) is 2.17. The second-order valence-corrected chi connectivity index (χ2v) is 5.03. The first kappa shape index (κ1) is 11.1. The number of hydrogen-bond donors (Lipinski definition) is 1. The molecule has 0 atom stereocenters. The van der Waals surface area contributed by atoms with Crippen molar-refractivity contribution in [3.8, 4) is 5.75 Å². The zero-order valence-corrected chi connectivity index (χ0v) is 10.6. The largest absolute Gasteiger partial charge is 0.489 e. The van der Waals surface area contributed by atoms with Crippen LogP contribution in [0.3, 0.4) is 0 Å². The number of ether oxygens (including phenoxy) is 1. The summed E-state index contributed by atoms with van der Waals surface area (Å²) in [6.45, 7) is 0.591. The Morgan fingerprint density at radius 1 is 1.00 bits per heavy atom. The molecule has 3 rings (SSSR count). The highest BCUT2D eigenvalue weighted by atomic mass is 32.1. The van der Waals surface area contributed by atoms with E-state index in [-0.39, 0.29) is 0 Å². The van der Waals surface area contributed by atoms with Gasteiger partial charge in [0.15, 0.2) is 0 Å². The summed E-state index contributed by atoms with van der Waals surface area (Å²) in [5.74, 6) is 0.847. The molecule has 90 valence electrons. The lowest BCUT2D eigenvalue weighted by molar-refractivity contribution is 0.308. The van der Waals surface area contributed by atoms with Gasteiger partial charge in [-0.3, -0.25) is 0 Å². The van der Waals surface area contributed by atoms with E-state index in [0.29, 0.717) is 6.61 Å². The van der Waals surface area contributed by atoms with Gasteiger partial charge in [-0.1, -0.05) is 18.2 Å². The second kappa shape index (κ2) is 4.70. The lowest BCUT2D eigenvalue weighted by atomic mass is 10.2. The van der Waals surface area contributed by atoms with E-state index in [1.807, 2.05) is 24.3 Å². The fourth-order valence-electron chi connectivity index (χ4n) is 1.87. The Balaban J connectivity index is 1.79. The molecule has 0 saturated heterocycles. The van der Waals surface area contributed by atoms with Crippen molar-refractivity contribution in [2.24, 2.45) is 0 Å². The third-order valence-electron chi connectivity index (χ3n) is 2.84. The van der Waals surface area contributed by atoms with Gasteiger partial charge in [0.25, 0.3) is 0 Å². The van der Waals surface area contributed by atoms with Crippen molar-refractivity contribution in [1.82, 2.24) is 0 Å². The van der Waals surface area contributed by atoms with E-state index in [1.165, 1.54) is 15.6 Å². The summed E-state index contributed by atoms with van der Waals surface area (Å²) >= 11 is 1.75. The topological polar surface area (TPSA) is 35.2 Å². The summed E-state index contributed by atoms with van der Waals surface area (Å²) in [7, 11) is 0. The van der Waals surface area contributed by atoms with Crippen LogP contribution in [0.4, 0.5) is 5.69 Å². The first-order chi connectivity index (χ1) is 8.83. The van der Waals surface area contributed by atoms with E-state index >= 15 is 0 Å². The highest BCUT2D eigenvalue weighted by Crippen LogP contribution is 2.26. The van der Waals surface area contributed by atoms with Gasteiger partial charge in [-0.2, -0.15) is 0 Å². The molecule has 2 N–H and O–H groups in total. The van der Waals surface area contributed by atoms with Crippen LogP contribution < -0.4 is 10.5 Å². The Labute approximate surface area is 110 Å². The van der Waals surface area contributed by atoms with E-state index in [4.69, 9.17) is 10.5 Å². The summed E-state index contributed by atoms with van der Waals surface area (Å²) in [6.07, 6.45) is 0. The maximum Gasteiger partial charge on any atom is 0.119 e. The number of nitrogens with two attached hydrogens (primary N) is 1. The Kier molecular flexibility index (Phi) is 2.90. The zero-order chi connectivity index (χ0) is 12.4. The molecule has 0 fully saturated rings. The monoisotopic (exact) mass is 255 g/mol. The molecule has 3 heteroatoms. The fourth-order valence-corrected chi connectivity index (χ4v) is 2.82. The third-order valence-corrected chi connectivity index (χ3v) is 3.85. The maximum absolute atomic E-state index is 5.76. The van der Waals surface area contributed by atoms with Gasteiger partial charge in [-0.25, -0.2) is 0 Å². The van der Waals surface area contributed by atoms with Crippen LogP contribution >= 0.6 is 11.3 Å². The molecular weight excluding hydrogens is 242 g/mol. The molecule has 1 aromatic heterocycles. The Hall–Kier alpha value is -2.00. The number of nitrogen functional groups attached to an aromatic ring is 1. The fraction of sp³-hybridized carbons (Fsp3) is 0.0667. The van der Waals surface area contributed by atoms with Crippen molar-refractivity contribution in [2.45, 2.75) is 6.61 Å². The van der Waals surface area contributed by atoms with Crippen LogP contribution in [0.5, 0.6) is 5.75 Å². The maximum atomic E-state index is 5.76. The van der Waals surface area contributed by atoms with Crippen molar-refractivity contribution >= 4 is 27.1 Å². The van der Waals surface area contributed by atoms with Gasteiger partial charge in [-0.05, 0) is 41.1 Å². The van der Waals surface area contributed by atoms with Gasteiger partial charge in [0.1, 0.15) is 12.4 Å². The molecule has 0 aliphatic rings. The molecule has 2 nitrogen and oxygen atoms in total. The van der Waals surface area contributed by atoms with Crippen LogP contribution in [0, 0.1) is 0 Å². The predicted octanol–water partition coefficient (Wildman–Crippen LogP) is 4.06. The van der Waals surface area contributed by atoms with E-state index in [2.05, 4.69) is 29.6 Å². The molecule has 0 radical (unpaired) electrons. The summed E-state index contributed by atoms with van der Waals surface area (Å²) in [6, 6.07) is 15.9. The summed E-state index contributed by atoms with van der Waals surface area (Å²) < 4.78 is 7.06. The van der Waals surface area contributed by atoms with Crippen molar-refractivity contribution in [2.75, 3.05) is 5.73 Å². The number of thiophene rings is 1. The predicted molar refractivity (Wildman–Crippen MR) is 77.0 cm³/mol. The lowest BCUT2D eigenvalue weighted by Gasteiger charge is -2.05. The standard InChI is InChI=1S/C15H13NOS/c16-12-5-7-13(8-6-12)17-9-11-10-18-15-4-2-1-3-14(11)15/h1-8,10H,9,16H2. The zero-order valence-electron chi connectivity index (χ0n) is 9.80. The van der Waals surface area contributed by atoms with Crippen molar-refractivity contribution < 1.29 is 4.74 Å². The highest BCUT2D eigenvalue weighted by molar-refractivity contribution is 7.17. The molecule has 0 spiro atoms. The molecule has 0 amide bonds. The minimum Gasteiger partial charge on any atom is -0.489 e. The summed E-state index contributed by atoms with van der Waals surface area (Å²) in [5, 5.41) is 3.43. The van der Waals surface area contributed by atoms with E-state index < -0.39 is 0 Å². The molecule has 0 saturated carbocycles. The van der Waals surface area contributed by atoms with Gasteiger partial charge in [-0.15, -0.1) is 11.3 Å². The number of rotatable bonds is 3. The van der Waals surface area contributed by atoms with E-state index in [9.17, 15) is 0 Å². The van der Waals surface area contributed by atoms with E-state index in [1.54, 1.807) is 11.3 Å². The molecule has 0 aliphatic heterocycles. The molecule has 0 unspecified atom stereocenters. The van der Waals surface area contributed by atoms with Crippen molar-refractivity contribution in [1.29, 1.82) is 0 Å². The smallest absolute Gasteiger partial charge is 0.119 e. The Morgan fingerprint density at radius 2 is 1.78 bits per heavy atom. The van der Waals surface area contributed by atoms with Gasteiger partial charge in [0.05, 0.1) is 0 Å². The summed E-state index contributed by atoms with van der Waals surface area (Å²) in [4.78, 5) is 0. The van der Waals surface area contributed by atoms with Crippen LogP contribution in [0.25, 0.3) is 10.1 Å². The highest BCUT2D eigenvalue weighted by Gasteiger charge is 2.03. The molecule has 0 bridgehead atoms. The average Bonchev–Trinajstić information content (AvgIpc) is 2.82.